The van der Waals surface area contributed by atoms with Crippen LogP contribution in [0.1, 0.15) is 16.1 Å². The predicted octanol–water partition coefficient (Wildman–Crippen LogP) is 1.91. The number of amides is 1. The number of aliphatic imine (C=N–C) groups is 1. The second-order valence-electron chi connectivity index (χ2n) is 4.47. The number of aromatic nitrogens is 1. The lowest BCUT2D eigenvalue weighted by molar-refractivity contribution is -0.122. The molecule has 0 aliphatic heterocycles. The van der Waals surface area contributed by atoms with E-state index in [0.717, 1.165) is 11.3 Å². The van der Waals surface area contributed by atoms with Crippen molar-refractivity contribution >= 4 is 28.3 Å². The zero-order valence-electron chi connectivity index (χ0n) is 11.8. The third kappa shape index (κ3) is 4.45. The summed E-state index contributed by atoms with van der Waals surface area (Å²) in [7, 11) is 0. The average molecular weight is 347 g/mol. The van der Waals surface area contributed by atoms with E-state index in [-0.39, 0.29) is 10.9 Å². The molecule has 0 aromatic carbocycles. The highest BCUT2D eigenvalue weighted by Gasteiger charge is 2.27. The average Bonchev–Trinajstić information content (AvgIpc) is 3.02. The molecule has 124 valence electrons. The third-order valence-corrected chi connectivity index (χ3v) is 3.31. The number of furan rings is 1. The molecule has 0 radical (unpaired) electrons. The molecular formula is C12H12F3N5O2S. The van der Waals surface area contributed by atoms with Gasteiger partial charge in [0.1, 0.15) is 12.2 Å². The summed E-state index contributed by atoms with van der Waals surface area (Å²) >= 11 is 1.06. The highest BCUT2D eigenvalue weighted by atomic mass is 32.1. The Labute approximate surface area is 132 Å². The van der Waals surface area contributed by atoms with Gasteiger partial charge < -0.3 is 21.2 Å². The van der Waals surface area contributed by atoms with E-state index in [9.17, 15) is 18.0 Å². The van der Waals surface area contributed by atoms with E-state index in [1.54, 1.807) is 12.3 Å². The molecule has 11 heteroatoms. The number of rotatable bonds is 4. The quantitative estimate of drug-likeness (QED) is 0.576. The first kappa shape index (κ1) is 16.8. The van der Waals surface area contributed by atoms with Gasteiger partial charge in [0.05, 0.1) is 0 Å². The van der Waals surface area contributed by atoms with Gasteiger partial charge in [0.15, 0.2) is 17.5 Å². The van der Waals surface area contributed by atoms with Crippen molar-refractivity contribution in [3.05, 3.63) is 22.8 Å². The van der Waals surface area contributed by atoms with Gasteiger partial charge in [-0.2, -0.15) is 18.2 Å². The minimum absolute atomic E-state index is 0.0121. The molecule has 0 saturated heterocycles. The molecule has 1 amide bonds. The number of halogens is 3. The van der Waals surface area contributed by atoms with E-state index in [4.69, 9.17) is 15.9 Å². The fraction of sp³-hybridized carbons (Fsp3) is 0.250. The Balaban J connectivity index is 2.16. The normalized spacial score (nSPS) is 12.4. The Morgan fingerprint density at radius 3 is 2.74 bits per heavy atom. The van der Waals surface area contributed by atoms with Gasteiger partial charge >= 0.3 is 6.18 Å². The summed E-state index contributed by atoms with van der Waals surface area (Å²) in [6.45, 7) is 0.409. The summed E-state index contributed by atoms with van der Waals surface area (Å²) in [6.07, 6.45) is -4.40. The lowest BCUT2D eigenvalue weighted by Gasteiger charge is -2.07. The maximum absolute atomic E-state index is 12.1. The van der Waals surface area contributed by atoms with Crippen LogP contribution in [-0.2, 0) is 0 Å². The molecule has 0 spiro atoms. The van der Waals surface area contributed by atoms with Gasteiger partial charge in [0.2, 0.25) is 5.13 Å². The van der Waals surface area contributed by atoms with Crippen molar-refractivity contribution in [2.24, 2.45) is 16.5 Å². The number of alkyl halides is 3. The van der Waals surface area contributed by atoms with Gasteiger partial charge in [0.25, 0.3) is 5.91 Å². The van der Waals surface area contributed by atoms with Crippen LogP contribution in [0, 0.1) is 6.92 Å². The van der Waals surface area contributed by atoms with Crippen LogP contribution in [0.2, 0.25) is 0 Å². The number of nitrogens with zero attached hydrogens (tertiary/aromatic N) is 2. The molecule has 2 rings (SSSR count). The maximum atomic E-state index is 12.1. The topological polar surface area (TPSA) is 120 Å². The smallest absolute Gasteiger partial charge is 0.405 e. The van der Waals surface area contributed by atoms with Crippen molar-refractivity contribution in [1.29, 1.82) is 0 Å². The summed E-state index contributed by atoms with van der Waals surface area (Å²) in [4.78, 5) is 18.9. The Kier molecular flexibility index (Phi) is 4.59. The van der Waals surface area contributed by atoms with Gasteiger partial charge in [-0.25, -0.2) is 4.98 Å². The monoisotopic (exact) mass is 347 g/mol. The van der Waals surface area contributed by atoms with Crippen molar-refractivity contribution in [2.45, 2.75) is 13.1 Å². The Morgan fingerprint density at radius 1 is 1.48 bits per heavy atom. The van der Waals surface area contributed by atoms with Crippen LogP contribution in [-0.4, -0.2) is 29.6 Å². The zero-order chi connectivity index (χ0) is 17.2. The molecule has 2 aromatic rings. The molecule has 0 bridgehead atoms. The van der Waals surface area contributed by atoms with Crippen molar-refractivity contribution in [1.82, 2.24) is 10.3 Å². The zero-order valence-corrected chi connectivity index (χ0v) is 12.6. The summed E-state index contributed by atoms with van der Waals surface area (Å²) in [5.41, 5.74) is 11.5. The van der Waals surface area contributed by atoms with Gasteiger partial charge in [-0.15, -0.1) is 11.3 Å². The van der Waals surface area contributed by atoms with E-state index >= 15 is 0 Å². The molecule has 0 aliphatic rings. The van der Waals surface area contributed by atoms with Gasteiger partial charge in [-0.3, -0.25) is 4.79 Å². The van der Waals surface area contributed by atoms with Crippen molar-refractivity contribution in [2.75, 3.05) is 6.54 Å². The number of guanidine groups is 1. The largest absolute Gasteiger partial charge is 0.449 e. The van der Waals surface area contributed by atoms with Crippen molar-refractivity contribution in [3.63, 3.8) is 0 Å². The number of hydrogen-bond acceptors (Lipinski definition) is 5. The van der Waals surface area contributed by atoms with Crippen LogP contribution < -0.4 is 16.8 Å². The van der Waals surface area contributed by atoms with Crippen molar-refractivity contribution in [3.8, 4) is 11.5 Å². The molecule has 0 atom stereocenters. The first-order valence-corrected chi connectivity index (χ1v) is 7.04. The van der Waals surface area contributed by atoms with Crippen molar-refractivity contribution < 1.29 is 22.4 Å². The highest BCUT2D eigenvalue weighted by Crippen LogP contribution is 2.30. The van der Waals surface area contributed by atoms with Crippen LogP contribution in [0.3, 0.4) is 0 Å². The first-order valence-electron chi connectivity index (χ1n) is 6.16. The summed E-state index contributed by atoms with van der Waals surface area (Å²) < 4.78 is 41.5. The van der Waals surface area contributed by atoms with E-state index < -0.39 is 24.6 Å². The van der Waals surface area contributed by atoms with Gasteiger partial charge in [0, 0.05) is 5.38 Å². The van der Waals surface area contributed by atoms with E-state index in [1.807, 2.05) is 5.32 Å². The molecule has 0 fully saturated rings. The molecule has 23 heavy (non-hydrogen) atoms. The second kappa shape index (κ2) is 6.28. The second-order valence-corrected chi connectivity index (χ2v) is 5.30. The molecule has 0 aliphatic carbocycles. The first-order chi connectivity index (χ1) is 10.7. The standard InChI is InChI=1S/C12H12F3N5O2S/c1-5-2-7(9(16)21)22-8(5)6-3-23-11(19-6)20-10(17)18-4-12(13,14)15/h2-3H,4H2,1H3,(H2,16,21)(H3,17,18,19,20). The highest BCUT2D eigenvalue weighted by molar-refractivity contribution is 7.13. The van der Waals surface area contributed by atoms with Gasteiger partial charge in [-0.05, 0) is 18.6 Å². The fourth-order valence-electron chi connectivity index (χ4n) is 1.61. The number of nitrogens with one attached hydrogen (secondary N) is 1. The summed E-state index contributed by atoms with van der Waals surface area (Å²) in [5, 5.41) is 3.65. The number of primary amides is 1. The van der Waals surface area contributed by atoms with E-state index in [2.05, 4.69) is 9.98 Å². The molecule has 0 saturated carbocycles. The SMILES string of the molecule is Cc1cc(C(N)=O)oc1-c1csc(N=C(N)NCC(F)(F)F)n1. The van der Waals surface area contributed by atoms with Crippen LogP contribution in [0.5, 0.6) is 0 Å². The molecular weight excluding hydrogens is 335 g/mol. The Bertz CT molecular complexity index is 750. The number of hydrogen-bond donors (Lipinski definition) is 3. The number of thiazole rings is 1. The number of carbonyl (C=O) groups excluding carboxylic acids is 1. The van der Waals surface area contributed by atoms with Crippen LogP contribution in [0.25, 0.3) is 11.5 Å². The number of aryl methyl sites for hydroxylation is 1. The molecule has 0 unspecified atom stereocenters. The number of carbonyl (C=O) groups is 1. The molecule has 7 nitrogen and oxygen atoms in total. The Morgan fingerprint density at radius 2 is 2.17 bits per heavy atom. The summed E-state index contributed by atoms with van der Waals surface area (Å²) in [6, 6.07) is 1.47. The van der Waals surface area contributed by atoms with Crippen LogP contribution in [0.4, 0.5) is 18.3 Å². The maximum Gasteiger partial charge on any atom is 0.405 e. The van der Waals surface area contributed by atoms with E-state index in [1.165, 1.54) is 6.07 Å². The van der Waals surface area contributed by atoms with E-state index in [0.29, 0.717) is 17.0 Å². The number of nitrogens with two attached hydrogens (primary N) is 2. The molecule has 2 aromatic heterocycles. The predicted molar refractivity (Wildman–Crippen MR) is 78.4 cm³/mol. The van der Waals surface area contributed by atoms with Crippen LogP contribution >= 0.6 is 11.3 Å². The van der Waals surface area contributed by atoms with Gasteiger partial charge in [-0.1, -0.05) is 0 Å². The lowest BCUT2D eigenvalue weighted by Crippen LogP contribution is -2.38. The molecule has 2 heterocycles. The van der Waals surface area contributed by atoms with Crippen LogP contribution in [0.15, 0.2) is 20.9 Å². The third-order valence-electron chi connectivity index (χ3n) is 2.57. The Hall–Kier alpha value is -2.56. The minimum Gasteiger partial charge on any atom is -0.449 e. The molecule has 5 N–H and O–H groups in total. The fourth-order valence-corrected chi connectivity index (χ4v) is 2.29. The summed E-state index contributed by atoms with van der Waals surface area (Å²) in [5.74, 6) is -0.800. The minimum atomic E-state index is -4.40. The lowest BCUT2D eigenvalue weighted by atomic mass is 10.2.